The lowest BCUT2D eigenvalue weighted by Crippen LogP contribution is -2.23. The predicted molar refractivity (Wildman–Crippen MR) is 98.4 cm³/mol. The minimum Gasteiger partial charge on any atom is -0.507 e. The number of carboxylic acid groups (broad SMARTS) is 1. The largest absolute Gasteiger partial charge is 0.507 e. The highest BCUT2D eigenvalue weighted by atomic mass is 35.5. The van der Waals surface area contributed by atoms with Gasteiger partial charge < -0.3 is 20.1 Å². The maximum absolute atomic E-state index is 11.6. The number of aromatic carboxylic acids is 1. The van der Waals surface area contributed by atoms with E-state index < -0.39 is 17.5 Å². The number of hydrogen-bond acceptors (Lipinski definition) is 5. The molecule has 0 bridgehead atoms. The van der Waals surface area contributed by atoms with Gasteiger partial charge in [-0.1, -0.05) is 23.2 Å². The lowest BCUT2D eigenvalue weighted by atomic mass is 10.1. The molecule has 0 unspecified atom stereocenters. The molecule has 8 heteroatoms. The maximum atomic E-state index is 11.6. The summed E-state index contributed by atoms with van der Waals surface area (Å²) in [5.41, 5.74) is -0.693. The molecule has 2 aromatic carbocycles. The van der Waals surface area contributed by atoms with E-state index in [1.165, 1.54) is 36.4 Å². The average Bonchev–Trinajstić information content (AvgIpc) is 2.50. The van der Waals surface area contributed by atoms with Crippen LogP contribution in [0.4, 0.5) is 0 Å². The van der Waals surface area contributed by atoms with Crippen LogP contribution < -0.4 is 0 Å². The standard InChI is InChI=1S/C11H13ClO3.C7H5ClO3/c1-11(2,3)15-10(14)8-6-7(12)4-5-9(8)13;8-4-1-2-6(9)5(3-4)7(10)11/h4-6,13H,1-3H3;1-3,9H,(H,10,11). The highest BCUT2D eigenvalue weighted by Crippen LogP contribution is 2.24. The van der Waals surface area contributed by atoms with E-state index in [1.807, 2.05) is 0 Å². The summed E-state index contributed by atoms with van der Waals surface area (Å²) in [4.78, 5) is 21.9. The lowest BCUT2D eigenvalue weighted by Gasteiger charge is -2.19. The summed E-state index contributed by atoms with van der Waals surface area (Å²) in [6, 6.07) is 8.10. The summed E-state index contributed by atoms with van der Waals surface area (Å²) < 4.78 is 5.10. The molecule has 140 valence electrons. The Morgan fingerprint density at radius 2 is 1.31 bits per heavy atom. The van der Waals surface area contributed by atoms with Crippen LogP contribution >= 0.6 is 23.2 Å². The Bertz CT molecular complexity index is 812. The smallest absolute Gasteiger partial charge is 0.342 e. The zero-order chi connectivity index (χ0) is 20.1. The van der Waals surface area contributed by atoms with Crippen molar-refractivity contribution in [1.82, 2.24) is 0 Å². The van der Waals surface area contributed by atoms with E-state index in [2.05, 4.69) is 0 Å². The molecule has 2 rings (SSSR count). The van der Waals surface area contributed by atoms with Gasteiger partial charge >= 0.3 is 11.9 Å². The number of aromatic hydroxyl groups is 2. The number of esters is 1. The molecular weight excluding hydrogens is 383 g/mol. The number of phenolic OH excluding ortho intramolecular Hbond substituents is 1. The van der Waals surface area contributed by atoms with Gasteiger partial charge in [0, 0.05) is 10.0 Å². The second-order valence-electron chi connectivity index (χ2n) is 6.13. The molecular formula is C18H18Cl2O6. The van der Waals surface area contributed by atoms with Crippen molar-refractivity contribution in [2.75, 3.05) is 0 Å². The van der Waals surface area contributed by atoms with Crippen molar-refractivity contribution in [1.29, 1.82) is 0 Å². The predicted octanol–water partition coefficient (Wildman–Crippen LogP) is 4.74. The van der Waals surface area contributed by atoms with E-state index in [4.69, 9.17) is 38.2 Å². The Labute approximate surface area is 160 Å². The first kappa shape index (κ1) is 21.6. The van der Waals surface area contributed by atoms with E-state index >= 15 is 0 Å². The summed E-state index contributed by atoms with van der Waals surface area (Å²) in [7, 11) is 0. The van der Waals surface area contributed by atoms with E-state index in [-0.39, 0.29) is 22.6 Å². The van der Waals surface area contributed by atoms with Crippen LogP contribution in [0, 0.1) is 0 Å². The normalized spacial score (nSPS) is 10.5. The first-order valence-corrected chi connectivity index (χ1v) is 8.10. The van der Waals surface area contributed by atoms with Gasteiger partial charge in [0.05, 0.1) is 0 Å². The van der Waals surface area contributed by atoms with Crippen molar-refractivity contribution in [2.45, 2.75) is 26.4 Å². The molecule has 0 saturated carbocycles. The van der Waals surface area contributed by atoms with Gasteiger partial charge in [0.2, 0.25) is 0 Å². The lowest BCUT2D eigenvalue weighted by molar-refractivity contribution is 0.00666. The van der Waals surface area contributed by atoms with Crippen LogP contribution in [0.5, 0.6) is 11.5 Å². The van der Waals surface area contributed by atoms with Crippen LogP contribution in [0.15, 0.2) is 36.4 Å². The minimum atomic E-state index is -1.19. The van der Waals surface area contributed by atoms with Gasteiger partial charge in [0.25, 0.3) is 0 Å². The quantitative estimate of drug-likeness (QED) is 0.628. The fourth-order valence-electron chi connectivity index (χ4n) is 1.68. The fraction of sp³-hybridized carbons (Fsp3) is 0.222. The third kappa shape index (κ3) is 6.82. The van der Waals surface area contributed by atoms with Crippen LogP contribution in [0.1, 0.15) is 41.5 Å². The highest BCUT2D eigenvalue weighted by Gasteiger charge is 2.20. The third-order valence-corrected chi connectivity index (χ3v) is 3.24. The van der Waals surface area contributed by atoms with Crippen LogP contribution in [0.25, 0.3) is 0 Å². The first-order chi connectivity index (χ1) is 11.9. The maximum Gasteiger partial charge on any atom is 0.342 e. The number of ether oxygens (including phenoxy) is 1. The molecule has 0 fully saturated rings. The Morgan fingerprint density at radius 1 is 0.885 bits per heavy atom. The number of rotatable bonds is 2. The molecule has 0 saturated heterocycles. The minimum absolute atomic E-state index is 0.0809. The van der Waals surface area contributed by atoms with Crippen molar-refractivity contribution in [3.05, 3.63) is 57.6 Å². The van der Waals surface area contributed by atoms with Gasteiger partial charge in [-0.2, -0.15) is 0 Å². The molecule has 0 radical (unpaired) electrons. The van der Waals surface area contributed by atoms with Gasteiger partial charge in [0.15, 0.2) is 0 Å². The Kier molecular flexibility index (Phi) is 7.29. The van der Waals surface area contributed by atoms with E-state index in [0.29, 0.717) is 10.0 Å². The molecule has 3 N–H and O–H groups in total. The summed E-state index contributed by atoms with van der Waals surface area (Å²) in [5, 5.41) is 27.6. The number of hydrogen-bond donors (Lipinski definition) is 3. The molecule has 0 aliphatic carbocycles. The molecule has 26 heavy (non-hydrogen) atoms. The fourth-order valence-corrected chi connectivity index (χ4v) is 2.03. The van der Waals surface area contributed by atoms with Crippen LogP contribution in [-0.2, 0) is 4.74 Å². The Balaban J connectivity index is 0.000000273. The van der Waals surface area contributed by atoms with E-state index in [1.54, 1.807) is 20.8 Å². The zero-order valence-electron chi connectivity index (χ0n) is 14.3. The van der Waals surface area contributed by atoms with Gasteiger partial charge in [-0.05, 0) is 57.2 Å². The number of carbonyl (C=O) groups is 2. The number of carbonyl (C=O) groups excluding carboxylic acids is 1. The average molecular weight is 401 g/mol. The Morgan fingerprint density at radius 3 is 1.69 bits per heavy atom. The van der Waals surface area contributed by atoms with Crippen molar-refractivity contribution < 1.29 is 29.6 Å². The van der Waals surface area contributed by atoms with Crippen molar-refractivity contribution in [2.24, 2.45) is 0 Å². The highest BCUT2D eigenvalue weighted by molar-refractivity contribution is 6.31. The number of benzene rings is 2. The molecule has 2 aromatic rings. The molecule has 0 aliphatic heterocycles. The van der Waals surface area contributed by atoms with Gasteiger partial charge in [0.1, 0.15) is 28.2 Å². The third-order valence-electron chi connectivity index (χ3n) is 2.77. The number of halogens is 2. The second kappa shape index (κ2) is 8.78. The molecule has 0 amide bonds. The van der Waals surface area contributed by atoms with Crippen LogP contribution in [0.3, 0.4) is 0 Å². The molecule has 0 heterocycles. The summed E-state index contributed by atoms with van der Waals surface area (Å²) in [5.74, 6) is -2.18. The zero-order valence-corrected chi connectivity index (χ0v) is 15.8. The van der Waals surface area contributed by atoms with Gasteiger partial charge in [-0.25, -0.2) is 9.59 Å². The SMILES string of the molecule is CC(C)(C)OC(=O)c1cc(Cl)ccc1O.O=C(O)c1cc(Cl)ccc1O. The molecule has 0 spiro atoms. The molecule has 0 aromatic heterocycles. The second-order valence-corrected chi connectivity index (χ2v) is 7.00. The van der Waals surface area contributed by atoms with Crippen LogP contribution in [-0.4, -0.2) is 32.9 Å². The summed E-state index contributed by atoms with van der Waals surface area (Å²) in [6.45, 7) is 5.27. The summed E-state index contributed by atoms with van der Waals surface area (Å²) >= 11 is 11.2. The number of carboxylic acids is 1. The topological polar surface area (TPSA) is 104 Å². The Hall–Kier alpha value is -2.44. The van der Waals surface area contributed by atoms with Gasteiger partial charge in [-0.3, -0.25) is 0 Å². The number of phenols is 2. The summed E-state index contributed by atoms with van der Waals surface area (Å²) in [6.07, 6.45) is 0. The monoisotopic (exact) mass is 400 g/mol. The van der Waals surface area contributed by atoms with Crippen molar-refractivity contribution >= 4 is 35.1 Å². The van der Waals surface area contributed by atoms with Gasteiger partial charge in [-0.15, -0.1) is 0 Å². The van der Waals surface area contributed by atoms with Crippen molar-refractivity contribution in [3.63, 3.8) is 0 Å². The molecule has 0 atom stereocenters. The van der Waals surface area contributed by atoms with E-state index in [9.17, 15) is 14.7 Å². The first-order valence-electron chi connectivity index (χ1n) is 7.34. The van der Waals surface area contributed by atoms with Crippen LogP contribution in [0.2, 0.25) is 10.0 Å². The van der Waals surface area contributed by atoms with E-state index in [0.717, 1.165) is 0 Å². The molecule has 6 nitrogen and oxygen atoms in total. The van der Waals surface area contributed by atoms with Crippen molar-refractivity contribution in [3.8, 4) is 11.5 Å². The molecule has 0 aliphatic rings.